The number of nitrogens with one attached hydrogen (secondary N) is 1. The van der Waals surface area contributed by atoms with Gasteiger partial charge in [-0.1, -0.05) is 30.3 Å². The number of carbonyl (C=O) groups is 1. The fourth-order valence-corrected chi connectivity index (χ4v) is 2.21. The topological polar surface area (TPSA) is 79.5 Å². The molecule has 2 N–H and O–H groups in total. The summed E-state index contributed by atoms with van der Waals surface area (Å²) < 4.78 is 1.64. The lowest BCUT2D eigenvalue weighted by molar-refractivity contribution is -0.142. The Hall–Kier alpha value is -2.89. The van der Waals surface area contributed by atoms with E-state index in [0.717, 1.165) is 5.52 Å². The fraction of sp³-hybridized carbons (Fsp3) is 0.133. The smallest absolute Gasteiger partial charge is 0.333 e. The lowest BCUT2D eigenvalue weighted by Gasteiger charge is -2.27. The van der Waals surface area contributed by atoms with Gasteiger partial charge in [0.25, 0.3) is 0 Å². The van der Waals surface area contributed by atoms with Gasteiger partial charge in [-0.2, -0.15) is 5.10 Å². The van der Waals surface area contributed by atoms with Gasteiger partial charge in [0, 0.05) is 12.4 Å². The summed E-state index contributed by atoms with van der Waals surface area (Å²) >= 11 is 0. The summed E-state index contributed by atoms with van der Waals surface area (Å²) in [6, 6.07) is 10.8. The molecule has 0 aliphatic heterocycles. The van der Waals surface area contributed by atoms with Crippen LogP contribution in [0.1, 0.15) is 12.5 Å². The van der Waals surface area contributed by atoms with Crippen LogP contribution in [0.25, 0.3) is 5.52 Å². The van der Waals surface area contributed by atoms with E-state index in [1.165, 1.54) is 0 Å². The predicted octanol–water partition coefficient (Wildman–Crippen LogP) is 2.14. The van der Waals surface area contributed by atoms with E-state index in [0.29, 0.717) is 11.4 Å². The highest BCUT2D eigenvalue weighted by molar-refractivity contribution is 5.85. The Morgan fingerprint density at radius 3 is 2.71 bits per heavy atom. The standard InChI is InChI=1S/C15H14N4O2/c1-15(14(20)21,11-5-3-2-4-6-11)18-13-12-7-8-17-19(12)10-9-16-13/h2-10H,1H3,(H,16,18)(H,20,21). The number of carboxylic acids is 1. The van der Waals surface area contributed by atoms with E-state index in [9.17, 15) is 9.90 Å². The molecule has 0 fully saturated rings. The summed E-state index contributed by atoms with van der Waals surface area (Å²) in [5, 5.41) is 16.8. The number of aliphatic carboxylic acids is 1. The monoisotopic (exact) mass is 282 g/mol. The molecule has 106 valence electrons. The zero-order valence-corrected chi connectivity index (χ0v) is 11.4. The van der Waals surface area contributed by atoms with Gasteiger partial charge in [-0.25, -0.2) is 14.3 Å². The van der Waals surface area contributed by atoms with E-state index in [1.807, 2.05) is 18.2 Å². The first-order valence-corrected chi connectivity index (χ1v) is 6.47. The average molecular weight is 282 g/mol. The quantitative estimate of drug-likeness (QED) is 0.766. The fourth-order valence-electron chi connectivity index (χ4n) is 2.21. The van der Waals surface area contributed by atoms with Crippen LogP contribution in [0, 0.1) is 0 Å². The van der Waals surface area contributed by atoms with Crippen molar-refractivity contribution < 1.29 is 9.90 Å². The molecule has 1 unspecified atom stereocenters. The Bertz CT molecular complexity index is 784. The van der Waals surface area contributed by atoms with Gasteiger partial charge in [-0.05, 0) is 18.6 Å². The molecule has 1 atom stereocenters. The van der Waals surface area contributed by atoms with E-state index in [-0.39, 0.29) is 0 Å². The molecule has 3 rings (SSSR count). The SMILES string of the molecule is CC(Nc1nccn2nccc12)(C(=O)O)c1ccccc1. The normalized spacial score (nSPS) is 13.8. The van der Waals surface area contributed by atoms with Crippen molar-refractivity contribution in [3.05, 3.63) is 60.6 Å². The minimum atomic E-state index is -1.28. The summed E-state index contributed by atoms with van der Waals surface area (Å²) in [6.45, 7) is 1.62. The van der Waals surface area contributed by atoms with Crippen LogP contribution < -0.4 is 5.32 Å². The molecule has 0 radical (unpaired) electrons. The van der Waals surface area contributed by atoms with E-state index in [2.05, 4.69) is 15.4 Å². The number of hydrogen-bond acceptors (Lipinski definition) is 4. The zero-order chi connectivity index (χ0) is 14.9. The second kappa shape index (κ2) is 4.90. The highest BCUT2D eigenvalue weighted by atomic mass is 16.4. The Balaban J connectivity index is 2.08. The van der Waals surface area contributed by atoms with Crippen LogP contribution in [0.15, 0.2) is 55.0 Å². The zero-order valence-electron chi connectivity index (χ0n) is 11.4. The second-order valence-corrected chi connectivity index (χ2v) is 4.86. The first-order valence-electron chi connectivity index (χ1n) is 6.47. The summed E-state index contributed by atoms with van der Waals surface area (Å²) in [6.07, 6.45) is 4.93. The molecule has 6 heteroatoms. The molecule has 2 aromatic heterocycles. The van der Waals surface area contributed by atoms with E-state index in [4.69, 9.17) is 0 Å². The van der Waals surface area contributed by atoms with Crippen LogP contribution in [0.5, 0.6) is 0 Å². The molecule has 3 aromatic rings. The molecule has 0 bridgehead atoms. The molecule has 2 heterocycles. The Morgan fingerprint density at radius 2 is 2.00 bits per heavy atom. The van der Waals surface area contributed by atoms with Gasteiger partial charge in [-0.15, -0.1) is 0 Å². The number of benzene rings is 1. The lowest BCUT2D eigenvalue weighted by atomic mass is 9.92. The van der Waals surface area contributed by atoms with Crippen molar-refractivity contribution in [3.8, 4) is 0 Å². The highest BCUT2D eigenvalue weighted by Crippen LogP contribution is 2.27. The van der Waals surface area contributed by atoms with Crippen LogP contribution in [-0.4, -0.2) is 25.7 Å². The van der Waals surface area contributed by atoms with E-state index in [1.54, 1.807) is 48.2 Å². The number of fused-ring (bicyclic) bond motifs is 1. The number of rotatable bonds is 4. The van der Waals surface area contributed by atoms with Crippen LogP contribution >= 0.6 is 0 Å². The number of carboxylic acid groups (broad SMARTS) is 1. The van der Waals surface area contributed by atoms with Crippen LogP contribution in [-0.2, 0) is 10.3 Å². The van der Waals surface area contributed by atoms with Gasteiger partial charge in [0.15, 0.2) is 11.4 Å². The highest BCUT2D eigenvalue weighted by Gasteiger charge is 2.36. The molecule has 0 amide bonds. The lowest BCUT2D eigenvalue weighted by Crippen LogP contribution is -2.40. The van der Waals surface area contributed by atoms with Crippen molar-refractivity contribution >= 4 is 17.3 Å². The maximum Gasteiger partial charge on any atom is 0.333 e. The van der Waals surface area contributed by atoms with Crippen molar-refractivity contribution in [2.75, 3.05) is 5.32 Å². The van der Waals surface area contributed by atoms with Crippen molar-refractivity contribution in [3.63, 3.8) is 0 Å². The average Bonchev–Trinajstić information content (AvgIpc) is 2.97. The molecule has 6 nitrogen and oxygen atoms in total. The maximum absolute atomic E-state index is 11.8. The number of nitrogens with zero attached hydrogens (tertiary/aromatic N) is 3. The molecular weight excluding hydrogens is 268 g/mol. The molecule has 1 aromatic carbocycles. The number of aromatic nitrogens is 3. The third kappa shape index (κ3) is 2.20. The molecule has 0 aliphatic carbocycles. The Kier molecular flexibility index (Phi) is 3.06. The van der Waals surface area contributed by atoms with Crippen molar-refractivity contribution in [2.45, 2.75) is 12.5 Å². The van der Waals surface area contributed by atoms with E-state index < -0.39 is 11.5 Å². The van der Waals surface area contributed by atoms with Crippen LogP contribution in [0.2, 0.25) is 0 Å². The minimum Gasteiger partial charge on any atom is -0.479 e. The minimum absolute atomic E-state index is 0.476. The van der Waals surface area contributed by atoms with Crippen molar-refractivity contribution in [1.29, 1.82) is 0 Å². The molecular formula is C15H14N4O2. The third-order valence-electron chi connectivity index (χ3n) is 3.47. The predicted molar refractivity (Wildman–Crippen MR) is 78.0 cm³/mol. The van der Waals surface area contributed by atoms with Crippen molar-refractivity contribution in [2.24, 2.45) is 0 Å². The Morgan fingerprint density at radius 1 is 1.24 bits per heavy atom. The van der Waals surface area contributed by atoms with Crippen LogP contribution in [0.4, 0.5) is 5.82 Å². The van der Waals surface area contributed by atoms with Gasteiger partial charge in [-0.3, -0.25) is 0 Å². The van der Waals surface area contributed by atoms with Crippen molar-refractivity contribution in [1.82, 2.24) is 14.6 Å². The van der Waals surface area contributed by atoms with Gasteiger partial charge in [0.2, 0.25) is 0 Å². The molecule has 0 spiro atoms. The summed E-state index contributed by atoms with van der Waals surface area (Å²) in [5.74, 6) is -0.499. The van der Waals surface area contributed by atoms with E-state index >= 15 is 0 Å². The third-order valence-corrected chi connectivity index (χ3v) is 3.47. The van der Waals surface area contributed by atoms with Gasteiger partial charge >= 0.3 is 5.97 Å². The first-order chi connectivity index (χ1) is 10.1. The van der Waals surface area contributed by atoms with Gasteiger partial charge in [0.05, 0.1) is 6.20 Å². The molecule has 0 aliphatic rings. The number of hydrogen-bond donors (Lipinski definition) is 2. The maximum atomic E-state index is 11.8. The molecule has 21 heavy (non-hydrogen) atoms. The summed E-state index contributed by atoms with van der Waals surface area (Å²) in [7, 11) is 0. The van der Waals surface area contributed by atoms with Gasteiger partial charge in [0.1, 0.15) is 5.52 Å². The Labute approximate surface area is 121 Å². The second-order valence-electron chi connectivity index (χ2n) is 4.86. The van der Waals surface area contributed by atoms with Crippen LogP contribution in [0.3, 0.4) is 0 Å². The largest absolute Gasteiger partial charge is 0.479 e. The first kappa shape index (κ1) is 13.1. The number of anilines is 1. The summed E-state index contributed by atoms with van der Waals surface area (Å²) in [5.41, 5.74) is 0.0992. The summed E-state index contributed by atoms with van der Waals surface area (Å²) in [4.78, 5) is 16.0. The van der Waals surface area contributed by atoms with Gasteiger partial charge < -0.3 is 10.4 Å². The molecule has 0 saturated heterocycles. The molecule has 0 saturated carbocycles.